The van der Waals surface area contributed by atoms with E-state index in [0.29, 0.717) is 5.56 Å². The van der Waals surface area contributed by atoms with Crippen LogP contribution >= 0.6 is 11.6 Å². The molecule has 0 aliphatic rings. The van der Waals surface area contributed by atoms with Crippen molar-refractivity contribution in [2.75, 3.05) is 6.61 Å². The van der Waals surface area contributed by atoms with Crippen molar-refractivity contribution in [3.63, 3.8) is 0 Å². The highest BCUT2D eigenvalue weighted by atomic mass is 35.5. The molecule has 0 aliphatic heterocycles. The molecule has 0 bridgehead atoms. The van der Waals surface area contributed by atoms with E-state index in [1.54, 1.807) is 0 Å². The first-order valence-corrected chi connectivity index (χ1v) is 4.19. The van der Waals surface area contributed by atoms with E-state index in [1.165, 1.54) is 12.3 Å². The Labute approximate surface area is 85.1 Å². The molecule has 1 rings (SSSR count). The number of aromatic carboxylic acids is 1. The zero-order chi connectivity index (χ0) is 10.7. The maximum absolute atomic E-state index is 10.7. The molecule has 1 atom stereocenters. The van der Waals surface area contributed by atoms with E-state index < -0.39 is 12.0 Å². The molecular weight excluding hydrogens is 208 g/mol. The number of aliphatic hydroxyl groups is 1. The van der Waals surface area contributed by atoms with Gasteiger partial charge in [-0.05, 0) is 11.6 Å². The Hall–Kier alpha value is -1.17. The second-order valence-corrected chi connectivity index (χ2v) is 3.06. The molecular formula is C8H9ClN2O3. The highest BCUT2D eigenvalue weighted by Crippen LogP contribution is 2.17. The molecule has 0 saturated heterocycles. The Bertz CT molecular complexity index is 356. The summed E-state index contributed by atoms with van der Waals surface area (Å²) in [7, 11) is 0. The van der Waals surface area contributed by atoms with Crippen LogP contribution < -0.4 is 5.73 Å². The molecule has 76 valence electrons. The molecule has 0 aliphatic carbocycles. The summed E-state index contributed by atoms with van der Waals surface area (Å²) < 4.78 is 0. The van der Waals surface area contributed by atoms with Crippen molar-refractivity contribution < 1.29 is 15.0 Å². The molecule has 14 heavy (non-hydrogen) atoms. The standard InChI is InChI=1S/C8H9ClN2O3/c9-7-5(8(13)14)1-4(2-11-7)6(10)3-12/h1-2,6,12H,3,10H2,(H,13,14). The number of nitrogens with zero attached hydrogens (tertiary/aromatic N) is 1. The zero-order valence-electron chi connectivity index (χ0n) is 7.14. The maximum atomic E-state index is 10.7. The lowest BCUT2D eigenvalue weighted by atomic mass is 10.1. The quantitative estimate of drug-likeness (QED) is 0.637. The van der Waals surface area contributed by atoms with Crippen LogP contribution in [0.4, 0.5) is 0 Å². The topological polar surface area (TPSA) is 96.4 Å². The maximum Gasteiger partial charge on any atom is 0.338 e. The van der Waals surface area contributed by atoms with Gasteiger partial charge in [0.2, 0.25) is 0 Å². The van der Waals surface area contributed by atoms with Gasteiger partial charge in [-0.2, -0.15) is 0 Å². The average Bonchev–Trinajstić information content (AvgIpc) is 2.17. The lowest BCUT2D eigenvalue weighted by Gasteiger charge is -2.08. The van der Waals surface area contributed by atoms with Crippen LogP contribution in [-0.2, 0) is 0 Å². The molecule has 0 saturated carbocycles. The molecule has 0 fully saturated rings. The molecule has 4 N–H and O–H groups in total. The number of hydrogen-bond acceptors (Lipinski definition) is 4. The van der Waals surface area contributed by atoms with Crippen LogP contribution in [0.1, 0.15) is 22.0 Å². The van der Waals surface area contributed by atoms with Gasteiger partial charge in [0, 0.05) is 6.20 Å². The summed E-state index contributed by atoms with van der Waals surface area (Å²) in [6, 6.07) is 0.663. The number of carboxylic acid groups (broad SMARTS) is 1. The second-order valence-electron chi connectivity index (χ2n) is 2.70. The van der Waals surface area contributed by atoms with Crippen molar-refractivity contribution in [2.45, 2.75) is 6.04 Å². The van der Waals surface area contributed by atoms with E-state index >= 15 is 0 Å². The fraction of sp³-hybridized carbons (Fsp3) is 0.250. The molecule has 0 aromatic carbocycles. The van der Waals surface area contributed by atoms with Crippen LogP contribution in [0, 0.1) is 0 Å². The van der Waals surface area contributed by atoms with Gasteiger partial charge in [0.05, 0.1) is 18.2 Å². The van der Waals surface area contributed by atoms with Gasteiger partial charge in [0.1, 0.15) is 5.15 Å². The molecule has 1 aromatic heterocycles. The van der Waals surface area contributed by atoms with Crippen LogP contribution in [0.5, 0.6) is 0 Å². The van der Waals surface area contributed by atoms with E-state index in [1.807, 2.05) is 0 Å². The highest BCUT2D eigenvalue weighted by Gasteiger charge is 2.13. The van der Waals surface area contributed by atoms with Gasteiger partial charge in [-0.1, -0.05) is 11.6 Å². The third-order valence-electron chi connectivity index (χ3n) is 1.72. The van der Waals surface area contributed by atoms with Gasteiger partial charge in [0.25, 0.3) is 0 Å². The number of halogens is 1. The summed E-state index contributed by atoms with van der Waals surface area (Å²) in [6.45, 7) is -0.275. The number of hydrogen-bond donors (Lipinski definition) is 3. The minimum atomic E-state index is -1.17. The van der Waals surface area contributed by atoms with Gasteiger partial charge >= 0.3 is 5.97 Å². The third kappa shape index (κ3) is 2.20. The van der Waals surface area contributed by atoms with Gasteiger partial charge < -0.3 is 15.9 Å². The van der Waals surface area contributed by atoms with Gasteiger partial charge in [-0.3, -0.25) is 0 Å². The first-order valence-electron chi connectivity index (χ1n) is 3.81. The number of carbonyl (C=O) groups is 1. The predicted molar refractivity (Wildman–Crippen MR) is 50.2 cm³/mol. The predicted octanol–water partition coefficient (Wildman–Crippen LogP) is 0.425. The normalized spacial score (nSPS) is 12.5. The van der Waals surface area contributed by atoms with E-state index in [9.17, 15) is 4.79 Å². The Kier molecular flexibility index (Phi) is 3.40. The van der Waals surface area contributed by atoms with E-state index in [4.69, 9.17) is 27.5 Å². The summed E-state index contributed by atoms with van der Waals surface area (Å²) >= 11 is 5.54. The van der Waals surface area contributed by atoms with Crippen molar-refractivity contribution in [3.8, 4) is 0 Å². The van der Waals surface area contributed by atoms with Crippen LogP contribution in [0.3, 0.4) is 0 Å². The lowest BCUT2D eigenvalue weighted by Crippen LogP contribution is -2.15. The molecule has 0 radical (unpaired) electrons. The summed E-state index contributed by atoms with van der Waals surface area (Å²) in [6.07, 6.45) is 1.34. The van der Waals surface area contributed by atoms with Crippen molar-refractivity contribution >= 4 is 17.6 Å². The summed E-state index contributed by atoms with van der Waals surface area (Å²) in [5.74, 6) is -1.17. The zero-order valence-corrected chi connectivity index (χ0v) is 7.90. The number of pyridine rings is 1. The molecule has 5 nitrogen and oxygen atoms in total. The lowest BCUT2D eigenvalue weighted by molar-refractivity contribution is 0.0696. The molecule has 1 aromatic rings. The SMILES string of the molecule is NC(CO)c1cnc(Cl)c(C(=O)O)c1. The number of nitrogens with two attached hydrogens (primary N) is 1. The molecule has 6 heteroatoms. The minimum Gasteiger partial charge on any atom is -0.478 e. The van der Waals surface area contributed by atoms with Crippen molar-refractivity contribution in [2.24, 2.45) is 5.73 Å². The molecule has 1 unspecified atom stereocenters. The molecule has 1 heterocycles. The number of aliphatic hydroxyl groups excluding tert-OH is 1. The van der Waals surface area contributed by atoms with Crippen LogP contribution in [0.25, 0.3) is 0 Å². The highest BCUT2D eigenvalue weighted by molar-refractivity contribution is 6.32. The first-order chi connectivity index (χ1) is 6.56. The molecule has 0 spiro atoms. The monoisotopic (exact) mass is 216 g/mol. The van der Waals surface area contributed by atoms with Crippen LogP contribution in [-0.4, -0.2) is 27.8 Å². The van der Waals surface area contributed by atoms with E-state index in [0.717, 1.165) is 0 Å². The summed E-state index contributed by atoms with van der Waals surface area (Å²) in [4.78, 5) is 14.3. The average molecular weight is 217 g/mol. The smallest absolute Gasteiger partial charge is 0.338 e. The first kappa shape index (κ1) is 10.9. The largest absolute Gasteiger partial charge is 0.478 e. The van der Waals surface area contributed by atoms with E-state index in [2.05, 4.69) is 4.98 Å². The Morgan fingerprint density at radius 1 is 1.71 bits per heavy atom. The van der Waals surface area contributed by atoms with Crippen molar-refractivity contribution in [1.82, 2.24) is 4.98 Å². The number of carboxylic acids is 1. The Balaban J connectivity index is 3.12. The van der Waals surface area contributed by atoms with E-state index in [-0.39, 0.29) is 17.3 Å². The second kappa shape index (κ2) is 4.36. The van der Waals surface area contributed by atoms with Crippen LogP contribution in [0.2, 0.25) is 5.15 Å². The summed E-state index contributed by atoms with van der Waals surface area (Å²) in [5, 5.41) is 17.4. The van der Waals surface area contributed by atoms with Gasteiger partial charge in [-0.25, -0.2) is 9.78 Å². The van der Waals surface area contributed by atoms with Gasteiger partial charge in [0.15, 0.2) is 0 Å². The third-order valence-corrected chi connectivity index (χ3v) is 2.02. The summed E-state index contributed by atoms with van der Waals surface area (Å²) in [5.41, 5.74) is 5.81. The number of aromatic nitrogens is 1. The van der Waals surface area contributed by atoms with Crippen LogP contribution in [0.15, 0.2) is 12.3 Å². The molecule has 0 amide bonds. The Morgan fingerprint density at radius 2 is 2.36 bits per heavy atom. The fourth-order valence-corrected chi connectivity index (χ4v) is 1.11. The minimum absolute atomic E-state index is 0.0913. The number of rotatable bonds is 3. The fourth-order valence-electron chi connectivity index (χ4n) is 0.922. The van der Waals surface area contributed by atoms with Crippen molar-refractivity contribution in [3.05, 3.63) is 28.5 Å². The van der Waals surface area contributed by atoms with Crippen molar-refractivity contribution in [1.29, 1.82) is 0 Å². The Morgan fingerprint density at radius 3 is 2.86 bits per heavy atom. The van der Waals surface area contributed by atoms with Gasteiger partial charge in [-0.15, -0.1) is 0 Å².